The maximum Gasteiger partial charge on any atom is 0.245 e. The number of hydrogen-bond acceptors (Lipinski definition) is 3. The van der Waals surface area contributed by atoms with E-state index < -0.39 is 5.85 Å². The molecule has 0 fully saturated rings. The molecule has 0 aliphatic heterocycles. The highest BCUT2D eigenvalue weighted by Crippen LogP contribution is 2.27. The summed E-state index contributed by atoms with van der Waals surface area (Å²) < 4.78 is 20.4. The summed E-state index contributed by atoms with van der Waals surface area (Å²) in [4.78, 5) is 9.11. The summed E-state index contributed by atoms with van der Waals surface area (Å²) in [5, 5.41) is 0. The Morgan fingerprint density at radius 2 is 1.17 bits per heavy atom. The van der Waals surface area contributed by atoms with Gasteiger partial charge in [-0.25, -0.2) is 9.97 Å². The molecule has 0 aliphatic rings. The molecule has 1 heterocycles. The van der Waals surface area contributed by atoms with Crippen molar-refractivity contribution in [3.05, 3.63) is 42.2 Å². The fraction of sp³-hybridized carbons (Fsp3) is 0.677. The molecule has 0 aliphatic carbocycles. The van der Waals surface area contributed by atoms with Gasteiger partial charge in [-0.1, -0.05) is 97.3 Å². The van der Waals surface area contributed by atoms with Gasteiger partial charge in [-0.15, -0.1) is 0 Å². The molecule has 1 unspecified atom stereocenters. The lowest BCUT2D eigenvalue weighted by Crippen LogP contribution is -2.26. The molecular weight excluding hydrogens is 435 g/mol. The fourth-order valence-corrected chi connectivity index (χ4v) is 4.46. The van der Waals surface area contributed by atoms with E-state index in [1.807, 2.05) is 36.7 Å². The van der Waals surface area contributed by atoms with Crippen LogP contribution in [0, 0.1) is 0 Å². The normalized spacial score (nSPS) is 13.0. The van der Waals surface area contributed by atoms with Crippen molar-refractivity contribution in [3.8, 4) is 17.1 Å². The molecule has 1 aromatic heterocycles. The van der Waals surface area contributed by atoms with Crippen molar-refractivity contribution in [1.29, 1.82) is 0 Å². The van der Waals surface area contributed by atoms with Crippen molar-refractivity contribution in [3.63, 3.8) is 0 Å². The van der Waals surface area contributed by atoms with E-state index in [2.05, 4.69) is 23.8 Å². The highest BCUT2D eigenvalue weighted by molar-refractivity contribution is 5.55. The number of halogens is 1. The van der Waals surface area contributed by atoms with Gasteiger partial charge in [0.15, 0.2) is 5.82 Å². The molecule has 2 aromatic rings. The van der Waals surface area contributed by atoms with Crippen molar-refractivity contribution in [2.45, 2.75) is 136 Å². The molecule has 2 rings (SSSR count). The van der Waals surface area contributed by atoms with Crippen LogP contribution in [0.1, 0.15) is 129 Å². The van der Waals surface area contributed by atoms with Crippen molar-refractivity contribution in [1.82, 2.24) is 9.97 Å². The molecular formula is C31H49FN2O. The second-order valence-corrected chi connectivity index (χ2v) is 10.2. The highest BCUT2D eigenvalue weighted by Gasteiger charge is 2.24. The predicted molar refractivity (Wildman–Crippen MR) is 147 cm³/mol. The first kappa shape index (κ1) is 29.3. The number of hydrogen-bond donors (Lipinski definition) is 0. The first-order valence-corrected chi connectivity index (χ1v) is 14.3. The summed E-state index contributed by atoms with van der Waals surface area (Å²) in [5.74, 6) is -0.396. The molecule has 0 N–H and O–H groups in total. The van der Waals surface area contributed by atoms with Gasteiger partial charge in [-0.2, -0.15) is 4.39 Å². The summed E-state index contributed by atoms with van der Waals surface area (Å²) in [6.07, 6.45) is 24.3. The van der Waals surface area contributed by atoms with Gasteiger partial charge in [0.25, 0.3) is 0 Å². The quantitative estimate of drug-likeness (QED) is 0.175. The summed E-state index contributed by atoms with van der Waals surface area (Å²) in [7, 11) is 0. The lowest BCUT2D eigenvalue weighted by atomic mass is 10.0. The van der Waals surface area contributed by atoms with Crippen LogP contribution in [0.3, 0.4) is 0 Å². The Labute approximate surface area is 214 Å². The van der Waals surface area contributed by atoms with Crippen LogP contribution in [0.4, 0.5) is 4.39 Å². The third kappa shape index (κ3) is 13.1. The van der Waals surface area contributed by atoms with Crippen LogP contribution in [0.5, 0.6) is 5.75 Å². The Balaban J connectivity index is 1.67. The molecule has 0 saturated carbocycles. The molecule has 0 amide bonds. The molecule has 0 radical (unpaired) electrons. The second-order valence-electron chi connectivity index (χ2n) is 10.2. The number of benzene rings is 1. The van der Waals surface area contributed by atoms with Gasteiger partial charge < -0.3 is 4.74 Å². The first-order valence-electron chi connectivity index (χ1n) is 14.3. The lowest BCUT2D eigenvalue weighted by molar-refractivity contribution is -0.0530. The minimum atomic E-state index is -1.64. The monoisotopic (exact) mass is 484 g/mol. The van der Waals surface area contributed by atoms with Gasteiger partial charge in [-0.3, -0.25) is 0 Å². The number of unbranched alkanes of at least 4 members (excludes halogenated alkanes) is 13. The van der Waals surface area contributed by atoms with Gasteiger partial charge in [0.05, 0.1) is 0 Å². The molecule has 4 heteroatoms. The lowest BCUT2D eigenvalue weighted by Gasteiger charge is -2.22. The second kappa shape index (κ2) is 17.5. The third-order valence-corrected chi connectivity index (χ3v) is 6.69. The minimum absolute atomic E-state index is 0.419. The van der Waals surface area contributed by atoms with E-state index in [0.717, 1.165) is 24.8 Å². The van der Waals surface area contributed by atoms with Crippen molar-refractivity contribution in [2.24, 2.45) is 0 Å². The van der Waals surface area contributed by atoms with Crippen LogP contribution in [0.2, 0.25) is 0 Å². The van der Waals surface area contributed by atoms with E-state index in [1.54, 1.807) is 0 Å². The zero-order valence-electron chi connectivity index (χ0n) is 22.7. The SMILES string of the molecule is CCCCCCCCCCCCc1cnc(-c2ccc(OC(C)(F)CCCCCCC)cc2)nc1. The maximum absolute atomic E-state index is 14.8. The Kier molecular flexibility index (Phi) is 14.6. The van der Waals surface area contributed by atoms with Gasteiger partial charge in [0.1, 0.15) is 5.75 Å². The van der Waals surface area contributed by atoms with Gasteiger partial charge >= 0.3 is 0 Å². The van der Waals surface area contributed by atoms with Crippen LogP contribution < -0.4 is 4.74 Å². The van der Waals surface area contributed by atoms with E-state index in [-0.39, 0.29) is 0 Å². The number of ether oxygens (including phenoxy) is 1. The van der Waals surface area contributed by atoms with Crippen LogP contribution in [-0.2, 0) is 6.42 Å². The number of nitrogens with zero attached hydrogens (tertiary/aromatic N) is 2. The van der Waals surface area contributed by atoms with Crippen LogP contribution in [-0.4, -0.2) is 15.8 Å². The number of aromatic nitrogens is 2. The highest BCUT2D eigenvalue weighted by atomic mass is 19.2. The summed E-state index contributed by atoms with van der Waals surface area (Å²) >= 11 is 0. The zero-order valence-corrected chi connectivity index (χ0v) is 22.7. The van der Waals surface area contributed by atoms with E-state index in [9.17, 15) is 4.39 Å². The van der Waals surface area contributed by atoms with Crippen LogP contribution in [0.25, 0.3) is 11.4 Å². The molecule has 0 spiro atoms. The van der Waals surface area contributed by atoms with E-state index in [0.29, 0.717) is 18.0 Å². The molecule has 1 aromatic carbocycles. The van der Waals surface area contributed by atoms with E-state index in [4.69, 9.17) is 4.74 Å². The number of alkyl halides is 1. The Morgan fingerprint density at radius 1 is 0.686 bits per heavy atom. The predicted octanol–water partition coefficient (Wildman–Crippen LogP) is 10.0. The smallest absolute Gasteiger partial charge is 0.245 e. The number of aryl methyl sites for hydroxylation is 1. The van der Waals surface area contributed by atoms with Crippen molar-refractivity contribution >= 4 is 0 Å². The summed E-state index contributed by atoms with van der Waals surface area (Å²) in [6, 6.07) is 7.44. The van der Waals surface area contributed by atoms with Crippen LogP contribution in [0.15, 0.2) is 36.7 Å². The minimum Gasteiger partial charge on any atom is -0.458 e. The summed E-state index contributed by atoms with van der Waals surface area (Å²) in [5.41, 5.74) is 2.11. The van der Waals surface area contributed by atoms with Gasteiger partial charge in [0, 0.05) is 31.3 Å². The molecule has 1 atom stereocenters. The standard InChI is InChI=1S/C31H49FN2O/c1-4-6-8-10-11-12-13-14-15-17-19-27-25-33-30(34-26-27)28-20-22-29(23-21-28)35-31(3,32)24-18-16-9-7-5-2/h20-23,25-26H,4-19,24H2,1-3H3. The molecule has 0 saturated heterocycles. The topological polar surface area (TPSA) is 35.0 Å². The average molecular weight is 485 g/mol. The van der Waals surface area contributed by atoms with E-state index in [1.165, 1.54) is 96.0 Å². The Morgan fingerprint density at radius 3 is 1.71 bits per heavy atom. The molecule has 35 heavy (non-hydrogen) atoms. The van der Waals surface area contributed by atoms with Gasteiger partial charge in [0.2, 0.25) is 5.85 Å². The third-order valence-electron chi connectivity index (χ3n) is 6.69. The molecule has 0 bridgehead atoms. The Hall–Kier alpha value is -1.97. The van der Waals surface area contributed by atoms with Gasteiger partial charge in [-0.05, 0) is 49.1 Å². The summed E-state index contributed by atoms with van der Waals surface area (Å²) in [6.45, 7) is 5.98. The average Bonchev–Trinajstić information content (AvgIpc) is 2.86. The first-order chi connectivity index (χ1) is 17.0. The Bertz CT molecular complexity index is 774. The van der Waals surface area contributed by atoms with Crippen molar-refractivity contribution in [2.75, 3.05) is 0 Å². The molecule has 196 valence electrons. The fourth-order valence-electron chi connectivity index (χ4n) is 4.46. The molecule has 3 nitrogen and oxygen atoms in total. The van der Waals surface area contributed by atoms with E-state index >= 15 is 0 Å². The van der Waals surface area contributed by atoms with Crippen LogP contribution >= 0.6 is 0 Å². The van der Waals surface area contributed by atoms with Crippen molar-refractivity contribution < 1.29 is 9.13 Å². The zero-order chi connectivity index (χ0) is 25.2. The number of rotatable bonds is 20. The largest absolute Gasteiger partial charge is 0.458 e. The maximum atomic E-state index is 14.8.